The standard InChI is InChI=1S/C6H12Cl2O2S/c1-2-3-6(4-5-7)11(8,9)10/h6H,2-5H2,1H3. The molecule has 0 heterocycles. The topological polar surface area (TPSA) is 34.1 Å². The molecule has 5 heteroatoms. The predicted octanol–water partition coefficient (Wildman–Crippen LogP) is 2.35. The fourth-order valence-corrected chi connectivity index (χ4v) is 2.71. The first-order valence-electron chi connectivity index (χ1n) is 3.51. The minimum absolute atomic E-state index is 0.344. The van der Waals surface area contributed by atoms with Gasteiger partial charge in [0.05, 0.1) is 5.25 Å². The maximum Gasteiger partial charge on any atom is 0.235 e. The molecule has 11 heavy (non-hydrogen) atoms. The summed E-state index contributed by atoms with van der Waals surface area (Å²) in [4.78, 5) is 0. The molecular weight excluding hydrogens is 207 g/mol. The molecule has 0 fully saturated rings. The van der Waals surface area contributed by atoms with Crippen molar-refractivity contribution in [2.24, 2.45) is 0 Å². The van der Waals surface area contributed by atoms with Crippen molar-refractivity contribution in [2.75, 3.05) is 5.88 Å². The molecule has 0 saturated carbocycles. The first-order valence-corrected chi connectivity index (χ1v) is 6.42. The SMILES string of the molecule is CCCC(CCCl)S(=O)(=O)Cl. The average molecular weight is 219 g/mol. The lowest BCUT2D eigenvalue weighted by molar-refractivity contribution is 0.579. The van der Waals surface area contributed by atoms with E-state index in [4.69, 9.17) is 22.3 Å². The van der Waals surface area contributed by atoms with E-state index in [0.29, 0.717) is 18.7 Å². The summed E-state index contributed by atoms with van der Waals surface area (Å²) in [6.07, 6.45) is 1.85. The van der Waals surface area contributed by atoms with Gasteiger partial charge in [0.15, 0.2) is 0 Å². The Kier molecular flexibility index (Phi) is 5.48. The number of halogens is 2. The summed E-state index contributed by atoms with van der Waals surface area (Å²) in [7, 11) is 1.77. The fraction of sp³-hybridized carbons (Fsp3) is 1.00. The zero-order valence-electron chi connectivity index (χ0n) is 6.39. The van der Waals surface area contributed by atoms with Crippen molar-refractivity contribution in [3.63, 3.8) is 0 Å². The third-order valence-electron chi connectivity index (χ3n) is 1.44. The van der Waals surface area contributed by atoms with Gasteiger partial charge in [-0.1, -0.05) is 13.3 Å². The second-order valence-electron chi connectivity index (χ2n) is 2.36. The van der Waals surface area contributed by atoms with E-state index in [1.807, 2.05) is 6.92 Å². The van der Waals surface area contributed by atoms with Gasteiger partial charge < -0.3 is 0 Å². The number of alkyl halides is 1. The van der Waals surface area contributed by atoms with Crippen LogP contribution >= 0.6 is 22.3 Å². The van der Waals surface area contributed by atoms with E-state index in [1.54, 1.807) is 0 Å². The molecule has 1 atom stereocenters. The van der Waals surface area contributed by atoms with E-state index in [0.717, 1.165) is 6.42 Å². The van der Waals surface area contributed by atoms with Crippen molar-refractivity contribution in [1.82, 2.24) is 0 Å². The molecule has 0 spiro atoms. The van der Waals surface area contributed by atoms with Crippen LogP contribution in [0.25, 0.3) is 0 Å². The molecule has 0 aromatic carbocycles. The Hall–Kier alpha value is 0.530. The Labute approximate surface area is 77.3 Å². The summed E-state index contributed by atoms with van der Waals surface area (Å²) in [6, 6.07) is 0. The highest BCUT2D eigenvalue weighted by molar-refractivity contribution is 8.14. The molecule has 0 N–H and O–H groups in total. The molecule has 1 unspecified atom stereocenters. The van der Waals surface area contributed by atoms with Crippen LogP contribution in [0, 0.1) is 0 Å². The summed E-state index contributed by atoms with van der Waals surface area (Å²) in [5, 5.41) is -0.466. The van der Waals surface area contributed by atoms with Crippen LogP contribution in [-0.4, -0.2) is 19.5 Å². The van der Waals surface area contributed by atoms with Crippen LogP contribution < -0.4 is 0 Å². The normalized spacial score (nSPS) is 14.8. The molecule has 0 aromatic heterocycles. The van der Waals surface area contributed by atoms with E-state index >= 15 is 0 Å². The molecule has 0 aliphatic carbocycles. The third-order valence-corrected chi connectivity index (χ3v) is 3.68. The van der Waals surface area contributed by atoms with Crippen molar-refractivity contribution in [2.45, 2.75) is 31.4 Å². The first-order chi connectivity index (χ1) is 5.02. The lowest BCUT2D eigenvalue weighted by Gasteiger charge is -2.09. The van der Waals surface area contributed by atoms with E-state index in [1.165, 1.54) is 0 Å². The van der Waals surface area contributed by atoms with Gasteiger partial charge in [-0.05, 0) is 12.8 Å². The van der Waals surface area contributed by atoms with Gasteiger partial charge >= 0.3 is 0 Å². The Morgan fingerprint density at radius 3 is 2.18 bits per heavy atom. The Morgan fingerprint density at radius 2 is 1.91 bits per heavy atom. The summed E-state index contributed by atoms with van der Waals surface area (Å²) >= 11 is 5.41. The Bertz CT molecular complexity index is 183. The van der Waals surface area contributed by atoms with Crippen LogP contribution in [-0.2, 0) is 9.05 Å². The van der Waals surface area contributed by atoms with E-state index in [9.17, 15) is 8.42 Å². The molecule has 0 aliphatic rings. The molecule has 68 valence electrons. The van der Waals surface area contributed by atoms with Crippen LogP contribution in [0.5, 0.6) is 0 Å². The van der Waals surface area contributed by atoms with Gasteiger partial charge in [0.1, 0.15) is 0 Å². The van der Waals surface area contributed by atoms with Crippen LogP contribution in [0.2, 0.25) is 0 Å². The van der Waals surface area contributed by atoms with Gasteiger partial charge in [-0.3, -0.25) is 0 Å². The van der Waals surface area contributed by atoms with Crippen molar-refractivity contribution in [1.29, 1.82) is 0 Å². The smallest absolute Gasteiger partial charge is 0.212 e. The summed E-state index contributed by atoms with van der Waals surface area (Å²) in [5.41, 5.74) is 0. The number of rotatable bonds is 5. The van der Waals surface area contributed by atoms with Crippen LogP contribution in [0.4, 0.5) is 0 Å². The zero-order valence-corrected chi connectivity index (χ0v) is 8.71. The maximum absolute atomic E-state index is 10.8. The molecule has 0 aliphatic heterocycles. The lowest BCUT2D eigenvalue weighted by atomic mass is 10.2. The Morgan fingerprint density at radius 1 is 1.36 bits per heavy atom. The molecular formula is C6H12Cl2O2S. The average Bonchev–Trinajstić information content (AvgIpc) is 1.85. The van der Waals surface area contributed by atoms with Crippen LogP contribution in [0.15, 0.2) is 0 Å². The second kappa shape index (κ2) is 5.22. The molecule has 0 rings (SSSR count). The first kappa shape index (κ1) is 11.5. The minimum Gasteiger partial charge on any atom is -0.212 e. The fourth-order valence-electron chi connectivity index (χ4n) is 0.870. The molecule has 0 saturated heterocycles. The highest BCUT2D eigenvalue weighted by atomic mass is 35.7. The molecule has 0 radical (unpaired) electrons. The largest absolute Gasteiger partial charge is 0.235 e. The number of hydrogen-bond donors (Lipinski definition) is 0. The van der Waals surface area contributed by atoms with Crippen molar-refractivity contribution in [3.8, 4) is 0 Å². The Balaban J connectivity index is 4.11. The summed E-state index contributed by atoms with van der Waals surface area (Å²) in [5.74, 6) is 0.344. The second-order valence-corrected chi connectivity index (χ2v) is 5.65. The predicted molar refractivity (Wildman–Crippen MR) is 48.8 cm³/mol. The molecule has 0 bridgehead atoms. The van der Waals surface area contributed by atoms with Crippen LogP contribution in [0.1, 0.15) is 26.2 Å². The highest BCUT2D eigenvalue weighted by Crippen LogP contribution is 2.17. The molecule has 0 amide bonds. The van der Waals surface area contributed by atoms with Crippen molar-refractivity contribution >= 4 is 31.3 Å². The minimum atomic E-state index is -3.40. The number of hydrogen-bond acceptors (Lipinski definition) is 2. The van der Waals surface area contributed by atoms with Crippen LogP contribution in [0.3, 0.4) is 0 Å². The molecule has 2 nitrogen and oxygen atoms in total. The summed E-state index contributed by atoms with van der Waals surface area (Å²) in [6.45, 7) is 1.92. The summed E-state index contributed by atoms with van der Waals surface area (Å²) < 4.78 is 21.6. The van der Waals surface area contributed by atoms with E-state index < -0.39 is 14.3 Å². The van der Waals surface area contributed by atoms with Gasteiger partial charge in [-0.2, -0.15) is 0 Å². The van der Waals surface area contributed by atoms with Gasteiger partial charge in [-0.25, -0.2) is 8.42 Å². The molecule has 0 aromatic rings. The lowest BCUT2D eigenvalue weighted by Crippen LogP contribution is -2.16. The maximum atomic E-state index is 10.8. The van der Waals surface area contributed by atoms with Gasteiger partial charge in [0, 0.05) is 16.6 Å². The van der Waals surface area contributed by atoms with Crippen molar-refractivity contribution in [3.05, 3.63) is 0 Å². The monoisotopic (exact) mass is 218 g/mol. The van der Waals surface area contributed by atoms with Gasteiger partial charge in [0.25, 0.3) is 0 Å². The van der Waals surface area contributed by atoms with Crippen molar-refractivity contribution < 1.29 is 8.42 Å². The third kappa shape index (κ3) is 4.88. The van der Waals surface area contributed by atoms with Gasteiger partial charge in [-0.15, -0.1) is 11.6 Å². The van der Waals surface area contributed by atoms with E-state index in [2.05, 4.69) is 0 Å². The highest BCUT2D eigenvalue weighted by Gasteiger charge is 2.20. The quantitative estimate of drug-likeness (QED) is 0.525. The van der Waals surface area contributed by atoms with E-state index in [-0.39, 0.29) is 0 Å². The zero-order chi connectivity index (χ0) is 8.91. The van der Waals surface area contributed by atoms with Gasteiger partial charge in [0.2, 0.25) is 9.05 Å².